The zero-order valence-electron chi connectivity index (χ0n) is 8.03. The quantitative estimate of drug-likeness (QED) is 0.425. The molecule has 0 saturated carbocycles. The Kier molecular flexibility index (Phi) is 2.99. The number of hydrogen-bond donors (Lipinski definition) is 1. The van der Waals surface area contributed by atoms with Crippen LogP contribution in [0.4, 0.5) is 0 Å². The summed E-state index contributed by atoms with van der Waals surface area (Å²) in [5.41, 5.74) is -1.91. The number of carbonyl (C=O) groups is 1. The van der Waals surface area contributed by atoms with E-state index in [1.807, 2.05) is 0 Å². The van der Waals surface area contributed by atoms with Crippen molar-refractivity contribution in [3.05, 3.63) is 34.4 Å². The number of aliphatic carboxylic acids is 1. The molecule has 0 aromatic rings. The third-order valence-corrected chi connectivity index (χ3v) is 2.11. The van der Waals surface area contributed by atoms with E-state index in [0.29, 0.717) is 0 Å². The number of rotatable bonds is 3. The summed E-state index contributed by atoms with van der Waals surface area (Å²) in [7, 11) is 0. The minimum absolute atomic E-state index is 0.689. The molecule has 0 aromatic heterocycles. The number of aliphatic imine (C=N–C) groups is 1. The average Bonchev–Trinajstić information content (AvgIpc) is 2.18. The van der Waals surface area contributed by atoms with Gasteiger partial charge in [0.1, 0.15) is 0 Å². The second-order valence-corrected chi connectivity index (χ2v) is 2.99. The number of carboxylic acid groups (broad SMARTS) is 1. The van der Waals surface area contributed by atoms with Crippen LogP contribution in [-0.2, 0) is 4.79 Å². The molecule has 1 N–H and O–H groups in total. The topological polar surface area (TPSA) is 92.8 Å². The van der Waals surface area contributed by atoms with Crippen molar-refractivity contribution in [2.24, 2.45) is 10.9 Å². The van der Waals surface area contributed by atoms with Crippen molar-refractivity contribution in [3.63, 3.8) is 0 Å². The SMILES string of the molecule is CC=N[C@@]1([N+](=O)[O-])C=CC=C[C@@H]1C(=O)O. The molecule has 0 aliphatic heterocycles. The van der Waals surface area contributed by atoms with E-state index < -0.39 is 22.5 Å². The fourth-order valence-electron chi connectivity index (χ4n) is 1.43. The van der Waals surface area contributed by atoms with Crippen molar-refractivity contribution in [2.75, 3.05) is 0 Å². The van der Waals surface area contributed by atoms with Crippen LogP contribution in [0.15, 0.2) is 29.3 Å². The molecule has 0 unspecified atom stereocenters. The summed E-state index contributed by atoms with van der Waals surface area (Å²) in [5, 5.41) is 19.8. The molecule has 0 saturated heterocycles. The van der Waals surface area contributed by atoms with E-state index in [2.05, 4.69) is 4.99 Å². The van der Waals surface area contributed by atoms with Crippen molar-refractivity contribution >= 4 is 12.2 Å². The second kappa shape index (κ2) is 4.04. The van der Waals surface area contributed by atoms with Crippen molar-refractivity contribution in [2.45, 2.75) is 12.6 Å². The highest BCUT2D eigenvalue weighted by atomic mass is 16.6. The van der Waals surface area contributed by atoms with Crippen LogP contribution in [0.2, 0.25) is 0 Å². The summed E-state index contributed by atoms with van der Waals surface area (Å²) in [6.07, 6.45) is 6.58. The van der Waals surface area contributed by atoms with Crippen LogP contribution in [0.1, 0.15) is 6.92 Å². The smallest absolute Gasteiger partial charge is 0.348 e. The first-order chi connectivity index (χ1) is 7.04. The van der Waals surface area contributed by atoms with Crippen LogP contribution in [0.3, 0.4) is 0 Å². The molecule has 0 amide bonds. The van der Waals surface area contributed by atoms with E-state index in [9.17, 15) is 14.9 Å². The van der Waals surface area contributed by atoms with Gasteiger partial charge in [-0.2, -0.15) is 0 Å². The predicted molar refractivity (Wildman–Crippen MR) is 53.3 cm³/mol. The van der Waals surface area contributed by atoms with Gasteiger partial charge >= 0.3 is 11.6 Å². The first-order valence-electron chi connectivity index (χ1n) is 4.28. The van der Waals surface area contributed by atoms with Crippen molar-refractivity contribution in [3.8, 4) is 0 Å². The molecular formula is C9H10N2O4. The Hall–Kier alpha value is -1.98. The van der Waals surface area contributed by atoms with Crippen LogP contribution in [0.5, 0.6) is 0 Å². The zero-order chi connectivity index (χ0) is 11.5. The minimum atomic E-state index is -1.91. The van der Waals surface area contributed by atoms with E-state index in [1.165, 1.54) is 37.4 Å². The Morgan fingerprint density at radius 1 is 1.67 bits per heavy atom. The zero-order valence-corrected chi connectivity index (χ0v) is 8.03. The lowest BCUT2D eigenvalue weighted by Gasteiger charge is -2.23. The Balaban J connectivity index is 3.25. The van der Waals surface area contributed by atoms with Crippen LogP contribution < -0.4 is 0 Å². The molecule has 1 aliphatic rings. The van der Waals surface area contributed by atoms with E-state index in [0.717, 1.165) is 0 Å². The summed E-state index contributed by atoms with van der Waals surface area (Å²) >= 11 is 0. The van der Waals surface area contributed by atoms with Gasteiger partial charge in [-0.05, 0) is 6.92 Å². The third-order valence-electron chi connectivity index (χ3n) is 2.11. The third kappa shape index (κ3) is 1.78. The van der Waals surface area contributed by atoms with Crippen LogP contribution in [0.25, 0.3) is 0 Å². The fourth-order valence-corrected chi connectivity index (χ4v) is 1.43. The molecular weight excluding hydrogens is 200 g/mol. The van der Waals surface area contributed by atoms with Gasteiger partial charge in [0, 0.05) is 12.3 Å². The lowest BCUT2D eigenvalue weighted by atomic mass is 9.89. The lowest BCUT2D eigenvalue weighted by molar-refractivity contribution is -0.558. The maximum atomic E-state index is 10.9. The molecule has 0 radical (unpaired) electrons. The van der Waals surface area contributed by atoms with Crippen molar-refractivity contribution in [1.82, 2.24) is 0 Å². The fraction of sp³-hybridized carbons (Fsp3) is 0.333. The molecule has 0 heterocycles. The molecule has 6 heteroatoms. The Bertz CT molecular complexity index is 372. The molecule has 0 bridgehead atoms. The molecule has 15 heavy (non-hydrogen) atoms. The first-order valence-corrected chi connectivity index (χ1v) is 4.28. The van der Waals surface area contributed by atoms with Gasteiger partial charge < -0.3 is 5.11 Å². The second-order valence-electron chi connectivity index (χ2n) is 2.99. The summed E-state index contributed by atoms with van der Waals surface area (Å²) in [5.74, 6) is -2.54. The highest BCUT2D eigenvalue weighted by Crippen LogP contribution is 2.29. The van der Waals surface area contributed by atoms with Crippen molar-refractivity contribution in [1.29, 1.82) is 0 Å². The number of nitro groups is 1. The molecule has 1 rings (SSSR count). The Morgan fingerprint density at radius 3 is 2.80 bits per heavy atom. The standard InChI is InChI=1S/C9H10N2O4/c1-2-10-9(11(14)15)6-4-3-5-7(9)8(12)13/h2-7H,1H3,(H,12,13)/t7-,9-/m1/s1. The van der Waals surface area contributed by atoms with Gasteiger partial charge in [-0.15, -0.1) is 0 Å². The van der Waals surface area contributed by atoms with Crippen LogP contribution in [0, 0.1) is 16.0 Å². The Labute approximate surface area is 85.8 Å². The van der Waals surface area contributed by atoms with Gasteiger partial charge in [0.2, 0.25) is 0 Å². The maximum Gasteiger partial charge on any atom is 0.348 e. The molecule has 80 valence electrons. The van der Waals surface area contributed by atoms with E-state index in [1.54, 1.807) is 0 Å². The lowest BCUT2D eigenvalue weighted by Crippen LogP contribution is -2.46. The molecule has 0 fully saturated rings. The number of carboxylic acids is 1. The van der Waals surface area contributed by atoms with Gasteiger partial charge in [-0.3, -0.25) is 14.9 Å². The summed E-state index contributed by atoms with van der Waals surface area (Å²) in [6, 6.07) is 0. The normalized spacial score (nSPS) is 29.5. The predicted octanol–water partition coefficient (Wildman–Crippen LogP) is 0.877. The maximum absolute atomic E-state index is 10.9. The van der Waals surface area contributed by atoms with E-state index in [-0.39, 0.29) is 0 Å². The van der Waals surface area contributed by atoms with Crippen molar-refractivity contribution < 1.29 is 14.8 Å². The van der Waals surface area contributed by atoms with Crippen LogP contribution >= 0.6 is 0 Å². The highest BCUT2D eigenvalue weighted by Gasteiger charge is 2.51. The minimum Gasteiger partial charge on any atom is -0.481 e. The number of hydrogen-bond acceptors (Lipinski definition) is 4. The van der Waals surface area contributed by atoms with E-state index in [4.69, 9.17) is 5.11 Å². The molecule has 6 nitrogen and oxygen atoms in total. The largest absolute Gasteiger partial charge is 0.481 e. The number of allylic oxidation sites excluding steroid dienone is 2. The van der Waals surface area contributed by atoms with Gasteiger partial charge in [0.25, 0.3) is 0 Å². The Morgan fingerprint density at radius 2 is 2.33 bits per heavy atom. The summed E-state index contributed by atoms with van der Waals surface area (Å²) in [6.45, 7) is 1.51. The van der Waals surface area contributed by atoms with Crippen LogP contribution in [-0.4, -0.2) is 27.9 Å². The van der Waals surface area contributed by atoms with Gasteiger partial charge in [0.15, 0.2) is 5.92 Å². The summed E-state index contributed by atoms with van der Waals surface area (Å²) < 4.78 is 0. The average molecular weight is 210 g/mol. The van der Waals surface area contributed by atoms with Gasteiger partial charge in [0.05, 0.1) is 4.92 Å². The molecule has 1 aliphatic carbocycles. The monoisotopic (exact) mass is 210 g/mol. The summed E-state index contributed by atoms with van der Waals surface area (Å²) in [4.78, 5) is 24.8. The molecule has 2 atom stereocenters. The van der Waals surface area contributed by atoms with Gasteiger partial charge in [-0.25, -0.2) is 4.99 Å². The first kappa shape index (κ1) is 11.1. The highest BCUT2D eigenvalue weighted by molar-refractivity contribution is 5.75. The molecule has 0 spiro atoms. The van der Waals surface area contributed by atoms with E-state index >= 15 is 0 Å². The molecule has 0 aromatic carbocycles. The van der Waals surface area contributed by atoms with Gasteiger partial charge in [-0.1, -0.05) is 18.2 Å². The number of nitrogens with zero attached hydrogens (tertiary/aromatic N) is 2.